The van der Waals surface area contributed by atoms with Crippen LogP contribution in [0.1, 0.15) is 30.9 Å². The van der Waals surface area contributed by atoms with Gasteiger partial charge in [0, 0.05) is 6.04 Å². The number of rotatable bonds is 2. The summed E-state index contributed by atoms with van der Waals surface area (Å²) in [7, 11) is 0. The van der Waals surface area contributed by atoms with Gasteiger partial charge >= 0.3 is 0 Å². The predicted molar refractivity (Wildman–Crippen MR) is 77.8 cm³/mol. The normalized spacial score (nSPS) is 18.6. The summed E-state index contributed by atoms with van der Waals surface area (Å²) in [4.78, 5) is 0. The second-order valence-electron chi connectivity index (χ2n) is 4.05. The van der Waals surface area contributed by atoms with E-state index in [0.717, 1.165) is 12.7 Å². The highest BCUT2D eigenvalue weighted by Crippen LogP contribution is 2.38. The summed E-state index contributed by atoms with van der Waals surface area (Å²) >= 11 is 4.30. The second-order valence-corrected chi connectivity index (χ2v) is 6.37. The Labute approximate surface area is 117 Å². The Morgan fingerprint density at radius 1 is 1.27 bits per heavy atom. The highest BCUT2D eigenvalue weighted by atomic mass is 127. The largest absolute Gasteiger partial charge is 0.506 e. The van der Waals surface area contributed by atoms with E-state index in [2.05, 4.69) is 45.2 Å². The lowest BCUT2D eigenvalue weighted by molar-refractivity contribution is 0.264. The molecule has 0 bridgehead atoms. The molecule has 1 fully saturated rings. The molecule has 0 saturated heterocycles. The SMILES string of the molecule is N[C@@H](c1cc(I)c(O)c(I)c1)C1CCC1. The first-order valence-electron chi connectivity index (χ1n) is 5.03. The summed E-state index contributed by atoms with van der Waals surface area (Å²) in [6.07, 6.45) is 3.80. The number of hydrogen-bond donors (Lipinski definition) is 2. The van der Waals surface area contributed by atoms with Gasteiger partial charge < -0.3 is 10.8 Å². The average molecular weight is 429 g/mol. The molecule has 0 spiro atoms. The van der Waals surface area contributed by atoms with Crippen molar-refractivity contribution in [2.24, 2.45) is 11.7 Å². The van der Waals surface area contributed by atoms with Crippen molar-refractivity contribution in [2.45, 2.75) is 25.3 Å². The minimum absolute atomic E-state index is 0.140. The smallest absolute Gasteiger partial charge is 0.142 e. The van der Waals surface area contributed by atoms with Gasteiger partial charge in [-0.05, 0) is 81.6 Å². The Balaban J connectivity index is 2.27. The molecule has 82 valence electrons. The third-order valence-corrected chi connectivity index (χ3v) is 4.73. The van der Waals surface area contributed by atoms with Gasteiger partial charge in [-0.25, -0.2) is 0 Å². The van der Waals surface area contributed by atoms with Crippen molar-refractivity contribution in [2.75, 3.05) is 0 Å². The molecule has 1 aliphatic rings. The van der Waals surface area contributed by atoms with E-state index in [9.17, 15) is 5.11 Å². The van der Waals surface area contributed by atoms with E-state index in [-0.39, 0.29) is 6.04 Å². The molecule has 0 unspecified atom stereocenters. The van der Waals surface area contributed by atoms with Gasteiger partial charge in [0.05, 0.1) is 7.14 Å². The van der Waals surface area contributed by atoms with Crippen molar-refractivity contribution >= 4 is 45.2 Å². The maximum Gasteiger partial charge on any atom is 0.142 e. The lowest BCUT2D eigenvalue weighted by Gasteiger charge is -2.31. The van der Waals surface area contributed by atoms with Crippen molar-refractivity contribution < 1.29 is 5.11 Å². The fraction of sp³-hybridized carbons (Fsp3) is 0.455. The van der Waals surface area contributed by atoms with Crippen LogP contribution in [0.4, 0.5) is 0 Å². The lowest BCUT2D eigenvalue weighted by atomic mass is 9.77. The molecule has 0 amide bonds. The van der Waals surface area contributed by atoms with Crippen LogP contribution in [-0.2, 0) is 0 Å². The molecule has 2 nitrogen and oxygen atoms in total. The standard InChI is InChI=1S/C11H13I2NO/c12-8-4-7(5-9(13)11(8)15)10(14)6-2-1-3-6/h4-6,10,15H,1-3,14H2/t10-/m1/s1. The van der Waals surface area contributed by atoms with Crippen molar-refractivity contribution in [3.8, 4) is 5.75 Å². The summed E-state index contributed by atoms with van der Waals surface area (Å²) in [5.74, 6) is 1.02. The van der Waals surface area contributed by atoms with Gasteiger partial charge in [0.25, 0.3) is 0 Å². The van der Waals surface area contributed by atoms with Crippen LogP contribution < -0.4 is 5.73 Å². The van der Waals surface area contributed by atoms with Crippen LogP contribution in [-0.4, -0.2) is 5.11 Å². The van der Waals surface area contributed by atoms with Crippen molar-refractivity contribution in [3.05, 3.63) is 24.8 Å². The topological polar surface area (TPSA) is 46.2 Å². The van der Waals surface area contributed by atoms with E-state index < -0.39 is 0 Å². The maximum atomic E-state index is 9.67. The molecule has 1 saturated carbocycles. The van der Waals surface area contributed by atoms with Crippen LogP contribution in [0, 0.1) is 13.1 Å². The number of phenolic OH excluding ortho intramolecular Hbond substituents is 1. The van der Waals surface area contributed by atoms with Gasteiger partial charge in [-0.3, -0.25) is 0 Å². The predicted octanol–water partition coefficient (Wildman–Crippen LogP) is 3.40. The quantitative estimate of drug-likeness (QED) is 0.709. The first kappa shape index (κ1) is 11.9. The molecule has 1 aromatic carbocycles. The summed E-state index contributed by atoms with van der Waals surface area (Å²) < 4.78 is 1.79. The van der Waals surface area contributed by atoms with E-state index in [1.54, 1.807) is 0 Å². The zero-order chi connectivity index (χ0) is 11.0. The number of benzene rings is 1. The molecule has 2 rings (SSSR count). The van der Waals surface area contributed by atoms with Gasteiger partial charge in [-0.2, -0.15) is 0 Å². The van der Waals surface area contributed by atoms with Crippen LogP contribution in [0.3, 0.4) is 0 Å². The fourth-order valence-corrected chi connectivity index (χ4v) is 3.66. The molecule has 1 atom stereocenters. The number of nitrogens with two attached hydrogens (primary N) is 1. The molecule has 4 heteroatoms. The first-order valence-corrected chi connectivity index (χ1v) is 7.19. The molecule has 15 heavy (non-hydrogen) atoms. The van der Waals surface area contributed by atoms with Crippen LogP contribution in [0.25, 0.3) is 0 Å². The highest BCUT2D eigenvalue weighted by Gasteiger charge is 2.26. The Bertz CT molecular complexity index is 354. The van der Waals surface area contributed by atoms with Crippen LogP contribution in [0.2, 0.25) is 0 Å². The Kier molecular flexibility index (Phi) is 3.77. The zero-order valence-corrected chi connectivity index (χ0v) is 12.5. The summed E-state index contributed by atoms with van der Waals surface area (Å²) in [5, 5.41) is 9.67. The van der Waals surface area contributed by atoms with Gasteiger partial charge in [0.1, 0.15) is 5.75 Å². The zero-order valence-electron chi connectivity index (χ0n) is 8.21. The Morgan fingerprint density at radius 3 is 2.20 bits per heavy atom. The third kappa shape index (κ3) is 2.41. The minimum atomic E-state index is 0.140. The number of hydrogen-bond acceptors (Lipinski definition) is 2. The maximum absolute atomic E-state index is 9.67. The molecule has 1 aromatic rings. The number of phenols is 1. The minimum Gasteiger partial charge on any atom is -0.506 e. The molecule has 0 aromatic heterocycles. The molecular weight excluding hydrogens is 416 g/mol. The Hall–Kier alpha value is 0.440. The second kappa shape index (κ2) is 4.75. The number of aromatic hydroxyl groups is 1. The van der Waals surface area contributed by atoms with Gasteiger partial charge in [0.15, 0.2) is 0 Å². The van der Waals surface area contributed by atoms with Gasteiger partial charge in [-0.1, -0.05) is 6.42 Å². The van der Waals surface area contributed by atoms with Crippen molar-refractivity contribution in [3.63, 3.8) is 0 Å². The van der Waals surface area contributed by atoms with E-state index in [1.165, 1.54) is 19.3 Å². The highest BCUT2D eigenvalue weighted by molar-refractivity contribution is 14.1. The third-order valence-electron chi connectivity index (χ3n) is 3.08. The molecule has 0 heterocycles. The molecule has 1 aliphatic carbocycles. The van der Waals surface area contributed by atoms with Crippen LogP contribution >= 0.6 is 45.2 Å². The summed E-state index contributed by atoms with van der Waals surface area (Å²) in [6.45, 7) is 0. The Morgan fingerprint density at radius 2 is 1.80 bits per heavy atom. The lowest BCUT2D eigenvalue weighted by Crippen LogP contribution is -2.26. The average Bonchev–Trinajstić information content (AvgIpc) is 2.10. The van der Waals surface area contributed by atoms with Gasteiger partial charge in [-0.15, -0.1) is 0 Å². The number of halogens is 2. The van der Waals surface area contributed by atoms with E-state index in [1.807, 2.05) is 12.1 Å². The fourth-order valence-electron chi connectivity index (χ4n) is 1.85. The van der Waals surface area contributed by atoms with E-state index >= 15 is 0 Å². The van der Waals surface area contributed by atoms with Crippen molar-refractivity contribution in [1.82, 2.24) is 0 Å². The molecule has 3 N–H and O–H groups in total. The molecular formula is C11H13I2NO. The van der Waals surface area contributed by atoms with Crippen LogP contribution in [0.5, 0.6) is 5.75 Å². The van der Waals surface area contributed by atoms with Crippen molar-refractivity contribution in [1.29, 1.82) is 0 Å². The summed E-state index contributed by atoms with van der Waals surface area (Å²) in [5.41, 5.74) is 7.36. The first-order chi connectivity index (χ1) is 7.09. The van der Waals surface area contributed by atoms with Gasteiger partial charge in [0.2, 0.25) is 0 Å². The van der Waals surface area contributed by atoms with E-state index in [0.29, 0.717) is 11.7 Å². The monoisotopic (exact) mass is 429 g/mol. The molecule has 0 radical (unpaired) electrons. The molecule has 0 aliphatic heterocycles. The summed E-state index contributed by atoms with van der Waals surface area (Å²) in [6, 6.07) is 4.14. The van der Waals surface area contributed by atoms with Crippen LogP contribution in [0.15, 0.2) is 12.1 Å². The van der Waals surface area contributed by atoms with E-state index in [4.69, 9.17) is 5.73 Å².